The molecule has 2 nitrogen and oxygen atoms in total. The van der Waals surface area contributed by atoms with Gasteiger partial charge < -0.3 is 9.32 Å². The van der Waals surface area contributed by atoms with Gasteiger partial charge in [0.15, 0.2) is 0 Å². The summed E-state index contributed by atoms with van der Waals surface area (Å²) in [6.07, 6.45) is 0. The van der Waals surface area contributed by atoms with E-state index in [0.717, 1.165) is 50.1 Å². The van der Waals surface area contributed by atoms with Crippen LogP contribution in [0.4, 0.5) is 17.1 Å². The third kappa shape index (κ3) is 4.43. The normalized spacial score (nSPS) is 11.5. The minimum absolute atomic E-state index is 0.906. The Hall–Kier alpha value is -6.12. The molecule has 9 rings (SSSR count). The molecular formula is C44H29NO. The fraction of sp³-hybridized carbons (Fsp3) is 0. The van der Waals surface area contributed by atoms with Gasteiger partial charge in [-0.05, 0) is 92.8 Å². The molecule has 0 N–H and O–H groups in total. The van der Waals surface area contributed by atoms with Crippen molar-refractivity contribution in [3.8, 4) is 22.3 Å². The number of hydrogen-bond acceptors (Lipinski definition) is 2. The van der Waals surface area contributed by atoms with E-state index in [1.165, 1.54) is 32.7 Å². The smallest absolute Gasteiger partial charge is 0.143 e. The first-order chi connectivity index (χ1) is 22.8. The second-order valence-corrected chi connectivity index (χ2v) is 11.8. The Morgan fingerprint density at radius 3 is 1.85 bits per heavy atom. The fourth-order valence-electron chi connectivity index (χ4n) is 6.79. The monoisotopic (exact) mass is 587 g/mol. The van der Waals surface area contributed by atoms with Gasteiger partial charge in [0.1, 0.15) is 11.2 Å². The maximum absolute atomic E-state index is 6.52. The van der Waals surface area contributed by atoms with E-state index < -0.39 is 0 Å². The molecule has 8 aromatic carbocycles. The van der Waals surface area contributed by atoms with Crippen molar-refractivity contribution in [2.75, 3.05) is 4.90 Å². The summed E-state index contributed by atoms with van der Waals surface area (Å²) in [6.45, 7) is 0. The van der Waals surface area contributed by atoms with Gasteiger partial charge in [0.25, 0.3) is 0 Å². The van der Waals surface area contributed by atoms with E-state index in [1.807, 2.05) is 6.07 Å². The Kier molecular flexibility index (Phi) is 6.17. The first-order valence-corrected chi connectivity index (χ1v) is 15.7. The predicted molar refractivity (Wildman–Crippen MR) is 194 cm³/mol. The van der Waals surface area contributed by atoms with Crippen molar-refractivity contribution in [3.05, 3.63) is 176 Å². The van der Waals surface area contributed by atoms with Gasteiger partial charge in [0.05, 0.1) is 0 Å². The van der Waals surface area contributed by atoms with Crippen molar-refractivity contribution in [1.82, 2.24) is 0 Å². The number of fused-ring (bicyclic) bond motifs is 6. The molecule has 0 aliphatic heterocycles. The second kappa shape index (κ2) is 10.8. The number of para-hydroxylation sites is 2. The lowest BCUT2D eigenvalue weighted by molar-refractivity contribution is 0.670. The van der Waals surface area contributed by atoms with Gasteiger partial charge >= 0.3 is 0 Å². The minimum Gasteiger partial charge on any atom is -0.455 e. The van der Waals surface area contributed by atoms with E-state index in [1.54, 1.807) is 0 Å². The number of benzene rings is 8. The Morgan fingerprint density at radius 1 is 0.370 bits per heavy atom. The SMILES string of the molecule is c1ccc(-c2cc3cc(N(c4ccccc4)c4ccc(-c5ccc6ccccc6c5)cc4)ccc3c3c2oc2ccccc23)cc1. The first-order valence-electron chi connectivity index (χ1n) is 15.7. The molecule has 0 saturated carbocycles. The zero-order valence-electron chi connectivity index (χ0n) is 25.1. The molecule has 0 aliphatic rings. The molecule has 9 aromatic rings. The largest absolute Gasteiger partial charge is 0.455 e. The summed E-state index contributed by atoms with van der Waals surface area (Å²) in [5.74, 6) is 0. The molecule has 0 atom stereocenters. The van der Waals surface area contributed by atoms with Gasteiger partial charge in [-0.25, -0.2) is 0 Å². The van der Waals surface area contributed by atoms with Crippen LogP contribution >= 0.6 is 0 Å². The number of nitrogens with zero attached hydrogens (tertiary/aromatic N) is 1. The van der Waals surface area contributed by atoms with Gasteiger partial charge in [0.2, 0.25) is 0 Å². The van der Waals surface area contributed by atoms with Crippen LogP contribution in [0.5, 0.6) is 0 Å². The van der Waals surface area contributed by atoms with Crippen molar-refractivity contribution >= 4 is 60.5 Å². The molecule has 0 saturated heterocycles. The average molecular weight is 588 g/mol. The second-order valence-electron chi connectivity index (χ2n) is 11.8. The number of rotatable bonds is 5. The lowest BCUT2D eigenvalue weighted by Gasteiger charge is -2.26. The number of furan rings is 1. The molecule has 0 amide bonds. The van der Waals surface area contributed by atoms with E-state index >= 15 is 0 Å². The average Bonchev–Trinajstić information content (AvgIpc) is 3.52. The third-order valence-corrected chi connectivity index (χ3v) is 9.01. The maximum Gasteiger partial charge on any atom is 0.143 e. The van der Waals surface area contributed by atoms with Gasteiger partial charge in [-0.1, -0.05) is 121 Å². The third-order valence-electron chi connectivity index (χ3n) is 9.01. The Balaban J connectivity index is 1.21. The highest BCUT2D eigenvalue weighted by atomic mass is 16.3. The van der Waals surface area contributed by atoms with Crippen molar-refractivity contribution in [3.63, 3.8) is 0 Å². The summed E-state index contributed by atoms with van der Waals surface area (Å²) in [5, 5.41) is 7.15. The van der Waals surface area contributed by atoms with Gasteiger partial charge in [-0.15, -0.1) is 0 Å². The van der Waals surface area contributed by atoms with Crippen LogP contribution in [0, 0.1) is 0 Å². The molecule has 0 fully saturated rings. The van der Waals surface area contributed by atoms with Crippen LogP contribution in [0.2, 0.25) is 0 Å². The van der Waals surface area contributed by atoms with E-state index in [-0.39, 0.29) is 0 Å². The first kappa shape index (κ1) is 26.3. The minimum atomic E-state index is 0.906. The van der Waals surface area contributed by atoms with E-state index in [4.69, 9.17) is 4.42 Å². The summed E-state index contributed by atoms with van der Waals surface area (Å²) >= 11 is 0. The summed E-state index contributed by atoms with van der Waals surface area (Å²) < 4.78 is 6.52. The maximum atomic E-state index is 6.52. The predicted octanol–water partition coefficient (Wildman–Crippen LogP) is 12.7. The zero-order valence-corrected chi connectivity index (χ0v) is 25.1. The van der Waals surface area contributed by atoms with Crippen LogP contribution in [0.15, 0.2) is 180 Å². The number of anilines is 3. The fourth-order valence-corrected chi connectivity index (χ4v) is 6.79. The summed E-state index contributed by atoms with van der Waals surface area (Å²) in [4.78, 5) is 2.34. The molecule has 46 heavy (non-hydrogen) atoms. The van der Waals surface area contributed by atoms with E-state index in [9.17, 15) is 0 Å². The standard InChI is InChI=1S/C44H29NO/c1-3-12-32(13-4-1)41-29-35-28-38(25-26-39(35)43-40-17-9-10-18-42(40)46-44(41)43)45(36-15-5-2-6-16-36)37-23-21-31(22-24-37)34-20-19-30-11-7-8-14-33(30)27-34/h1-29H. The molecule has 2 heteroatoms. The highest BCUT2D eigenvalue weighted by molar-refractivity contribution is 6.22. The van der Waals surface area contributed by atoms with Crippen molar-refractivity contribution in [1.29, 1.82) is 0 Å². The van der Waals surface area contributed by atoms with Gasteiger partial charge in [-0.2, -0.15) is 0 Å². The molecule has 0 aliphatic carbocycles. The van der Waals surface area contributed by atoms with Crippen molar-refractivity contribution < 1.29 is 4.42 Å². The molecule has 0 radical (unpaired) electrons. The Labute approximate surface area is 267 Å². The molecule has 0 unspecified atom stereocenters. The van der Waals surface area contributed by atoms with Crippen molar-refractivity contribution in [2.45, 2.75) is 0 Å². The van der Waals surface area contributed by atoms with Crippen LogP contribution in [-0.2, 0) is 0 Å². The summed E-state index contributed by atoms with van der Waals surface area (Å²) in [7, 11) is 0. The lowest BCUT2D eigenvalue weighted by Crippen LogP contribution is -2.09. The lowest BCUT2D eigenvalue weighted by atomic mass is 9.96. The van der Waals surface area contributed by atoms with E-state index in [0.29, 0.717) is 0 Å². The molecule has 216 valence electrons. The molecular weight excluding hydrogens is 558 g/mol. The quantitative estimate of drug-likeness (QED) is 0.199. The summed E-state index contributed by atoms with van der Waals surface area (Å²) in [6, 6.07) is 62.7. The Morgan fingerprint density at radius 2 is 1.02 bits per heavy atom. The van der Waals surface area contributed by atoms with Gasteiger partial charge in [-0.3, -0.25) is 0 Å². The van der Waals surface area contributed by atoms with E-state index in [2.05, 4.69) is 175 Å². The van der Waals surface area contributed by atoms with Crippen LogP contribution < -0.4 is 4.90 Å². The topological polar surface area (TPSA) is 16.4 Å². The van der Waals surface area contributed by atoms with Crippen LogP contribution in [0.1, 0.15) is 0 Å². The van der Waals surface area contributed by atoms with Crippen LogP contribution in [0.25, 0.3) is 65.7 Å². The summed E-state index contributed by atoms with van der Waals surface area (Å²) in [5.41, 5.74) is 9.80. The highest BCUT2D eigenvalue weighted by Gasteiger charge is 2.19. The molecule has 0 spiro atoms. The zero-order chi connectivity index (χ0) is 30.5. The van der Waals surface area contributed by atoms with Crippen LogP contribution in [-0.4, -0.2) is 0 Å². The van der Waals surface area contributed by atoms with Crippen molar-refractivity contribution in [2.24, 2.45) is 0 Å². The van der Waals surface area contributed by atoms with Gasteiger partial charge in [0, 0.05) is 33.4 Å². The Bertz CT molecular complexity index is 2510. The molecule has 0 bridgehead atoms. The molecule has 1 heterocycles. The number of hydrogen-bond donors (Lipinski definition) is 0. The molecule has 1 aromatic heterocycles. The van der Waals surface area contributed by atoms with Crippen LogP contribution in [0.3, 0.4) is 0 Å². The highest BCUT2D eigenvalue weighted by Crippen LogP contribution is 2.43.